The zero-order chi connectivity index (χ0) is 14.8. The Labute approximate surface area is 121 Å². The first-order valence-corrected chi connectivity index (χ1v) is 8.33. The normalized spacial score (nSPS) is 22.1. The summed E-state index contributed by atoms with van der Waals surface area (Å²) in [5, 5.41) is 3.05. The number of hydrogen-bond acceptors (Lipinski definition) is 4. The largest absolute Gasteiger partial charge is 0.316 e. The fraction of sp³-hybridized carbons (Fsp3) is 0.571. The topological polar surface area (TPSA) is 52.7 Å². The van der Waals surface area contributed by atoms with Gasteiger partial charge in [0.25, 0.3) is 0 Å². The van der Waals surface area contributed by atoms with E-state index < -0.39 is 10.0 Å². The standard InChI is InChI=1S/C14H23N3O2S/c1-12-11-16(3)8-9-17(12)20(18,19)14-6-4-13(5-7-14)10-15-2/h4-7,12,15H,8-11H2,1-3H3. The number of benzene rings is 1. The predicted octanol–water partition coefficient (Wildman–Crippen LogP) is 0.731. The molecular formula is C14H23N3O2S. The smallest absolute Gasteiger partial charge is 0.243 e. The number of sulfonamides is 1. The second-order valence-electron chi connectivity index (χ2n) is 5.40. The van der Waals surface area contributed by atoms with E-state index in [4.69, 9.17) is 0 Å². The molecule has 0 bridgehead atoms. The third-order valence-electron chi connectivity index (χ3n) is 3.68. The minimum absolute atomic E-state index is 0.00994. The molecule has 0 spiro atoms. The molecule has 2 rings (SSSR count). The van der Waals surface area contributed by atoms with E-state index in [0.717, 1.165) is 25.2 Å². The molecule has 1 aromatic rings. The van der Waals surface area contributed by atoms with Crippen molar-refractivity contribution in [2.24, 2.45) is 0 Å². The summed E-state index contributed by atoms with van der Waals surface area (Å²) in [6.07, 6.45) is 0. The van der Waals surface area contributed by atoms with Gasteiger partial charge in [-0.15, -0.1) is 0 Å². The van der Waals surface area contributed by atoms with Crippen molar-refractivity contribution in [2.45, 2.75) is 24.4 Å². The Hall–Kier alpha value is -0.950. The minimum atomic E-state index is -3.38. The first-order chi connectivity index (χ1) is 9.45. The molecular weight excluding hydrogens is 274 g/mol. The van der Waals surface area contributed by atoms with Crippen molar-refractivity contribution in [3.63, 3.8) is 0 Å². The summed E-state index contributed by atoms with van der Waals surface area (Å²) in [4.78, 5) is 2.54. The molecule has 1 atom stereocenters. The highest BCUT2D eigenvalue weighted by molar-refractivity contribution is 7.89. The second kappa shape index (κ2) is 6.22. The Kier molecular flexibility index (Phi) is 4.80. The zero-order valence-electron chi connectivity index (χ0n) is 12.3. The SMILES string of the molecule is CNCc1ccc(S(=O)(=O)N2CCN(C)CC2C)cc1. The molecule has 1 heterocycles. The van der Waals surface area contributed by atoms with Gasteiger partial charge in [-0.1, -0.05) is 12.1 Å². The van der Waals surface area contributed by atoms with Gasteiger partial charge in [-0.3, -0.25) is 0 Å². The van der Waals surface area contributed by atoms with Crippen LogP contribution in [0.25, 0.3) is 0 Å². The van der Waals surface area contributed by atoms with E-state index >= 15 is 0 Å². The van der Waals surface area contributed by atoms with Crippen molar-refractivity contribution < 1.29 is 8.42 Å². The quantitative estimate of drug-likeness (QED) is 0.890. The molecule has 1 saturated heterocycles. The van der Waals surface area contributed by atoms with Crippen molar-refractivity contribution in [1.29, 1.82) is 0 Å². The summed E-state index contributed by atoms with van der Waals surface area (Å²) in [5.41, 5.74) is 1.08. The molecule has 0 saturated carbocycles. The number of hydrogen-bond donors (Lipinski definition) is 1. The van der Waals surface area contributed by atoms with Crippen LogP contribution in [0.15, 0.2) is 29.2 Å². The van der Waals surface area contributed by atoms with Crippen LogP contribution in [-0.2, 0) is 16.6 Å². The first-order valence-electron chi connectivity index (χ1n) is 6.89. The summed E-state index contributed by atoms with van der Waals surface area (Å²) in [5.74, 6) is 0. The van der Waals surface area contributed by atoms with Crippen LogP contribution >= 0.6 is 0 Å². The lowest BCUT2D eigenvalue weighted by Gasteiger charge is -2.37. The van der Waals surface area contributed by atoms with Gasteiger partial charge < -0.3 is 10.2 Å². The molecule has 6 heteroatoms. The van der Waals surface area contributed by atoms with Crippen molar-refractivity contribution in [1.82, 2.24) is 14.5 Å². The molecule has 0 radical (unpaired) electrons. The van der Waals surface area contributed by atoms with Gasteiger partial charge in [-0.05, 0) is 38.7 Å². The van der Waals surface area contributed by atoms with Crippen LogP contribution in [0, 0.1) is 0 Å². The number of piperazine rings is 1. The molecule has 1 aliphatic heterocycles. The number of nitrogens with zero attached hydrogens (tertiary/aromatic N) is 2. The first kappa shape index (κ1) is 15.4. The molecule has 112 valence electrons. The van der Waals surface area contributed by atoms with Crippen LogP contribution in [-0.4, -0.2) is 57.4 Å². The van der Waals surface area contributed by atoms with E-state index in [1.165, 1.54) is 0 Å². The van der Waals surface area contributed by atoms with E-state index in [2.05, 4.69) is 10.2 Å². The van der Waals surface area contributed by atoms with Gasteiger partial charge in [0, 0.05) is 32.2 Å². The van der Waals surface area contributed by atoms with Gasteiger partial charge in [-0.25, -0.2) is 8.42 Å². The fourth-order valence-electron chi connectivity index (χ4n) is 2.60. The molecule has 1 fully saturated rings. The summed E-state index contributed by atoms with van der Waals surface area (Å²) >= 11 is 0. The van der Waals surface area contributed by atoms with Crippen LogP contribution in [0.1, 0.15) is 12.5 Å². The van der Waals surface area contributed by atoms with Gasteiger partial charge >= 0.3 is 0 Å². The van der Waals surface area contributed by atoms with E-state index in [9.17, 15) is 8.42 Å². The predicted molar refractivity (Wildman–Crippen MR) is 80.1 cm³/mol. The maximum absolute atomic E-state index is 12.7. The number of nitrogens with one attached hydrogen (secondary N) is 1. The van der Waals surface area contributed by atoms with Gasteiger partial charge in [0.1, 0.15) is 0 Å². The average molecular weight is 297 g/mol. The lowest BCUT2D eigenvalue weighted by molar-refractivity contribution is 0.170. The van der Waals surface area contributed by atoms with Crippen LogP contribution in [0.4, 0.5) is 0 Å². The Morgan fingerprint density at radius 2 is 1.90 bits per heavy atom. The van der Waals surface area contributed by atoms with Crippen molar-refractivity contribution in [2.75, 3.05) is 33.7 Å². The summed E-state index contributed by atoms with van der Waals surface area (Å²) in [6, 6.07) is 7.14. The molecule has 1 unspecified atom stereocenters. The van der Waals surface area contributed by atoms with Crippen molar-refractivity contribution in [3.8, 4) is 0 Å². The van der Waals surface area contributed by atoms with Crippen LogP contribution in [0.5, 0.6) is 0 Å². The zero-order valence-corrected chi connectivity index (χ0v) is 13.2. The Morgan fingerprint density at radius 1 is 1.25 bits per heavy atom. The van der Waals surface area contributed by atoms with Crippen LogP contribution < -0.4 is 5.32 Å². The van der Waals surface area contributed by atoms with Gasteiger partial charge in [0.05, 0.1) is 4.90 Å². The summed E-state index contributed by atoms with van der Waals surface area (Å²) in [7, 11) is 0.512. The highest BCUT2D eigenvalue weighted by Gasteiger charge is 2.32. The third-order valence-corrected chi connectivity index (χ3v) is 5.71. The highest BCUT2D eigenvalue weighted by atomic mass is 32.2. The van der Waals surface area contributed by atoms with Crippen molar-refractivity contribution in [3.05, 3.63) is 29.8 Å². The van der Waals surface area contributed by atoms with Gasteiger partial charge in [-0.2, -0.15) is 4.31 Å². The second-order valence-corrected chi connectivity index (χ2v) is 7.29. The Balaban J connectivity index is 2.21. The van der Waals surface area contributed by atoms with Crippen molar-refractivity contribution >= 4 is 10.0 Å². The average Bonchev–Trinajstić information content (AvgIpc) is 2.39. The highest BCUT2D eigenvalue weighted by Crippen LogP contribution is 2.21. The molecule has 0 aromatic heterocycles. The molecule has 20 heavy (non-hydrogen) atoms. The maximum atomic E-state index is 12.7. The van der Waals surface area contributed by atoms with E-state index in [1.807, 2.05) is 33.2 Å². The van der Waals surface area contributed by atoms with Crippen LogP contribution in [0.3, 0.4) is 0 Å². The molecule has 0 amide bonds. The molecule has 5 nitrogen and oxygen atoms in total. The fourth-order valence-corrected chi connectivity index (χ4v) is 4.21. The minimum Gasteiger partial charge on any atom is -0.316 e. The molecule has 1 aliphatic rings. The van der Waals surface area contributed by atoms with E-state index in [0.29, 0.717) is 11.4 Å². The third kappa shape index (κ3) is 3.20. The molecule has 1 aromatic carbocycles. The summed E-state index contributed by atoms with van der Waals surface area (Å²) in [6.45, 7) is 4.81. The summed E-state index contributed by atoms with van der Waals surface area (Å²) < 4.78 is 26.9. The lowest BCUT2D eigenvalue weighted by atomic mass is 10.2. The van der Waals surface area contributed by atoms with Crippen LogP contribution in [0.2, 0.25) is 0 Å². The Morgan fingerprint density at radius 3 is 2.45 bits per heavy atom. The monoisotopic (exact) mass is 297 g/mol. The van der Waals surface area contributed by atoms with E-state index in [-0.39, 0.29) is 6.04 Å². The number of likely N-dealkylation sites (N-methyl/N-ethyl adjacent to an activating group) is 1. The van der Waals surface area contributed by atoms with E-state index in [1.54, 1.807) is 16.4 Å². The van der Waals surface area contributed by atoms with Gasteiger partial charge in [0.15, 0.2) is 0 Å². The molecule has 0 aliphatic carbocycles. The Bertz CT molecular complexity index is 542. The van der Waals surface area contributed by atoms with Gasteiger partial charge in [0.2, 0.25) is 10.0 Å². The molecule has 1 N–H and O–H groups in total. The number of rotatable bonds is 4. The maximum Gasteiger partial charge on any atom is 0.243 e. The lowest BCUT2D eigenvalue weighted by Crippen LogP contribution is -2.52.